The highest BCUT2D eigenvalue weighted by Crippen LogP contribution is 2.42. The lowest BCUT2D eigenvalue weighted by atomic mass is 9.91. The number of rotatable bonds is 4. The number of carbonyl (C=O) groups excluding carboxylic acids is 2. The first kappa shape index (κ1) is 21.2. The predicted molar refractivity (Wildman–Crippen MR) is 129 cm³/mol. The number of aryl methyl sites for hydroxylation is 1. The summed E-state index contributed by atoms with van der Waals surface area (Å²) in [6.07, 6.45) is 1.53. The van der Waals surface area contributed by atoms with Gasteiger partial charge in [-0.05, 0) is 53.1 Å². The number of ketones is 1. The number of hydrogen-bond acceptors (Lipinski definition) is 4. The molecular weight excluding hydrogens is 482 g/mol. The number of carbonyl (C=O) groups is 2. The van der Waals surface area contributed by atoms with E-state index < -0.39 is 17.7 Å². The summed E-state index contributed by atoms with van der Waals surface area (Å²) in [7, 11) is 0. The van der Waals surface area contributed by atoms with Crippen molar-refractivity contribution in [2.75, 3.05) is 0 Å². The van der Waals surface area contributed by atoms with Gasteiger partial charge in [0.05, 0.1) is 24.4 Å². The maximum Gasteiger partial charge on any atom is 0.296 e. The molecule has 1 amide bonds. The molecule has 6 heteroatoms. The number of Topliss-reactive ketones (excluding diaryl/α,β-unsaturated/α-hetero) is 1. The molecule has 0 bridgehead atoms. The van der Waals surface area contributed by atoms with Gasteiger partial charge in [-0.15, -0.1) is 0 Å². The molecule has 5 nitrogen and oxygen atoms in total. The van der Waals surface area contributed by atoms with Crippen LogP contribution in [0.1, 0.15) is 28.5 Å². The number of fused-ring (bicyclic) bond motifs is 1. The van der Waals surface area contributed by atoms with E-state index in [-0.39, 0.29) is 17.9 Å². The zero-order chi connectivity index (χ0) is 23.1. The predicted octanol–water partition coefficient (Wildman–Crippen LogP) is 6.13. The molecule has 1 aliphatic heterocycles. The maximum absolute atomic E-state index is 13.3. The third kappa shape index (κ3) is 3.66. The lowest BCUT2D eigenvalue weighted by molar-refractivity contribution is -0.140. The molecule has 1 fully saturated rings. The van der Waals surface area contributed by atoms with Gasteiger partial charge >= 0.3 is 0 Å². The fourth-order valence-corrected chi connectivity index (χ4v) is 4.62. The second-order valence-corrected chi connectivity index (χ2v) is 8.89. The Morgan fingerprint density at radius 1 is 1.03 bits per heavy atom. The molecule has 4 aromatic rings. The van der Waals surface area contributed by atoms with Crippen LogP contribution in [0.3, 0.4) is 0 Å². The number of aliphatic hydroxyl groups is 1. The molecule has 1 saturated heterocycles. The quantitative estimate of drug-likeness (QED) is 0.207. The summed E-state index contributed by atoms with van der Waals surface area (Å²) >= 11 is 3.46. The molecule has 0 radical (unpaired) electrons. The average molecular weight is 502 g/mol. The fourth-order valence-electron chi connectivity index (χ4n) is 4.37. The van der Waals surface area contributed by atoms with E-state index in [9.17, 15) is 14.7 Å². The van der Waals surface area contributed by atoms with Gasteiger partial charge in [0.25, 0.3) is 11.7 Å². The van der Waals surface area contributed by atoms with Crippen LogP contribution >= 0.6 is 15.9 Å². The van der Waals surface area contributed by atoms with Gasteiger partial charge in [-0.3, -0.25) is 9.59 Å². The number of aliphatic hydroxyl groups excluding tert-OH is 1. The summed E-state index contributed by atoms with van der Waals surface area (Å²) in [6.45, 7) is 2.01. The minimum absolute atomic E-state index is 0.0737. The van der Waals surface area contributed by atoms with Crippen LogP contribution < -0.4 is 0 Å². The molecule has 2 heterocycles. The van der Waals surface area contributed by atoms with Gasteiger partial charge in [-0.2, -0.15) is 0 Å². The lowest BCUT2D eigenvalue weighted by Crippen LogP contribution is -2.29. The van der Waals surface area contributed by atoms with E-state index in [2.05, 4.69) is 15.9 Å². The summed E-state index contributed by atoms with van der Waals surface area (Å²) in [6, 6.07) is 21.7. The van der Waals surface area contributed by atoms with Crippen LogP contribution in [-0.4, -0.2) is 21.7 Å². The smallest absolute Gasteiger partial charge is 0.296 e. The number of amides is 1. The number of furan rings is 1. The van der Waals surface area contributed by atoms with Gasteiger partial charge in [-0.1, -0.05) is 64.5 Å². The summed E-state index contributed by atoms with van der Waals surface area (Å²) in [5.41, 5.74) is 2.24. The van der Waals surface area contributed by atoms with E-state index in [4.69, 9.17) is 4.42 Å². The fraction of sp³-hybridized carbons (Fsp3) is 0.111. The summed E-state index contributed by atoms with van der Waals surface area (Å²) < 4.78 is 6.36. The Labute approximate surface area is 199 Å². The van der Waals surface area contributed by atoms with Crippen molar-refractivity contribution in [2.45, 2.75) is 19.5 Å². The summed E-state index contributed by atoms with van der Waals surface area (Å²) in [5.74, 6) is -1.01. The third-order valence-electron chi connectivity index (χ3n) is 6.00. The van der Waals surface area contributed by atoms with Crippen LogP contribution in [0.2, 0.25) is 0 Å². The highest BCUT2D eigenvalue weighted by molar-refractivity contribution is 9.10. The van der Waals surface area contributed by atoms with Gasteiger partial charge in [0.15, 0.2) is 0 Å². The summed E-state index contributed by atoms with van der Waals surface area (Å²) in [5, 5.41) is 13.2. The highest BCUT2D eigenvalue weighted by Gasteiger charge is 2.46. The van der Waals surface area contributed by atoms with E-state index in [1.165, 1.54) is 11.2 Å². The molecule has 1 aliphatic rings. The number of likely N-dealkylation sites (tertiary alicyclic amines) is 1. The van der Waals surface area contributed by atoms with E-state index in [1.54, 1.807) is 24.3 Å². The maximum atomic E-state index is 13.3. The van der Waals surface area contributed by atoms with Crippen LogP contribution in [0, 0.1) is 6.92 Å². The first-order chi connectivity index (χ1) is 16.0. The first-order valence-electron chi connectivity index (χ1n) is 10.5. The molecule has 1 atom stereocenters. The Bertz CT molecular complexity index is 1420. The lowest BCUT2D eigenvalue weighted by Gasteiger charge is -2.25. The molecule has 164 valence electrons. The van der Waals surface area contributed by atoms with E-state index in [0.717, 1.165) is 26.4 Å². The van der Waals surface area contributed by atoms with Crippen LogP contribution in [-0.2, 0) is 16.1 Å². The molecule has 33 heavy (non-hydrogen) atoms. The topological polar surface area (TPSA) is 70.8 Å². The van der Waals surface area contributed by atoms with Gasteiger partial charge < -0.3 is 14.4 Å². The zero-order valence-corrected chi connectivity index (χ0v) is 19.4. The first-order valence-corrected chi connectivity index (χ1v) is 11.3. The molecular formula is C27H20BrNO4. The van der Waals surface area contributed by atoms with Gasteiger partial charge in [-0.25, -0.2) is 0 Å². The molecule has 1 N–H and O–H groups in total. The largest absolute Gasteiger partial charge is 0.507 e. The van der Waals surface area contributed by atoms with Crippen molar-refractivity contribution in [2.24, 2.45) is 0 Å². The molecule has 0 aliphatic carbocycles. The highest BCUT2D eigenvalue weighted by atomic mass is 79.9. The van der Waals surface area contributed by atoms with Crippen LogP contribution in [0.5, 0.6) is 0 Å². The Morgan fingerprint density at radius 2 is 1.82 bits per heavy atom. The molecule has 1 unspecified atom stereocenters. The van der Waals surface area contributed by atoms with E-state index in [1.807, 2.05) is 55.5 Å². The van der Waals surface area contributed by atoms with Crippen molar-refractivity contribution in [1.29, 1.82) is 0 Å². The molecule has 3 aromatic carbocycles. The molecule has 1 aromatic heterocycles. The number of hydrogen-bond donors (Lipinski definition) is 1. The van der Waals surface area contributed by atoms with Gasteiger partial charge in [0.2, 0.25) is 0 Å². The minimum Gasteiger partial charge on any atom is -0.507 e. The minimum atomic E-state index is -0.759. The Kier molecular flexibility index (Phi) is 5.38. The number of nitrogens with zero attached hydrogens (tertiary/aromatic N) is 1. The Hall–Kier alpha value is -3.64. The number of benzene rings is 3. The standard InChI is InChI=1S/C27H20BrNO4/c1-16-14-18(11-12-22(16)28)25(30)23-24(21-10-4-7-17-6-2-3-9-20(17)21)29(27(32)26(23)31)15-19-8-5-13-33-19/h2-14,24,30H,15H2,1H3/b25-23-. The van der Waals surface area contributed by atoms with E-state index in [0.29, 0.717) is 11.3 Å². The molecule has 5 rings (SSSR count). The van der Waals surface area contributed by atoms with Crippen molar-refractivity contribution in [3.05, 3.63) is 112 Å². The van der Waals surface area contributed by atoms with Crippen LogP contribution in [0.25, 0.3) is 16.5 Å². The van der Waals surface area contributed by atoms with Gasteiger partial charge in [0.1, 0.15) is 11.5 Å². The van der Waals surface area contributed by atoms with E-state index >= 15 is 0 Å². The van der Waals surface area contributed by atoms with Crippen molar-refractivity contribution in [3.63, 3.8) is 0 Å². The second-order valence-electron chi connectivity index (χ2n) is 8.04. The second kappa shape index (κ2) is 8.37. The SMILES string of the molecule is Cc1cc(/C(O)=C2/C(=O)C(=O)N(Cc3ccco3)C2c2cccc3ccccc23)ccc1Br. The monoisotopic (exact) mass is 501 g/mol. The zero-order valence-electron chi connectivity index (χ0n) is 17.8. The van der Waals surface area contributed by atoms with Crippen molar-refractivity contribution < 1.29 is 19.1 Å². The van der Waals surface area contributed by atoms with Crippen molar-refractivity contribution >= 4 is 44.2 Å². The normalized spacial score (nSPS) is 17.8. The van der Waals surface area contributed by atoms with Crippen LogP contribution in [0.4, 0.5) is 0 Å². The molecule has 0 saturated carbocycles. The Morgan fingerprint density at radius 3 is 2.58 bits per heavy atom. The third-order valence-corrected chi connectivity index (χ3v) is 6.89. The van der Waals surface area contributed by atoms with Gasteiger partial charge in [0, 0.05) is 10.0 Å². The molecule has 0 spiro atoms. The summed E-state index contributed by atoms with van der Waals surface area (Å²) in [4.78, 5) is 28.0. The van der Waals surface area contributed by atoms with Crippen molar-refractivity contribution in [3.8, 4) is 0 Å². The number of halogens is 1. The average Bonchev–Trinajstić information content (AvgIpc) is 3.42. The van der Waals surface area contributed by atoms with Crippen LogP contribution in [0.15, 0.2) is 93.5 Å². The van der Waals surface area contributed by atoms with Crippen molar-refractivity contribution in [1.82, 2.24) is 4.90 Å². The Balaban J connectivity index is 1.75.